The summed E-state index contributed by atoms with van der Waals surface area (Å²) < 4.78 is 12.0. The molecule has 0 amide bonds. The fraction of sp³-hybridized carbons (Fsp3) is 0.955. The minimum absolute atomic E-state index is 0. The number of likely N-dealkylation sites (tertiary alicyclic amines) is 2. The minimum Gasteiger partial charge on any atom is -0.376 e. The molecule has 3 saturated heterocycles. The van der Waals surface area contributed by atoms with Gasteiger partial charge in [-0.1, -0.05) is 6.92 Å². The third-order valence-electron chi connectivity index (χ3n) is 6.19. The Morgan fingerprint density at radius 3 is 2.52 bits per heavy atom. The predicted molar refractivity (Wildman–Crippen MR) is 130 cm³/mol. The highest BCUT2D eigenvalue weighted by Crippen LogP contribution is 2.18. The topological polar surface area (TPSA) is 49.3 Å². The SMILES string of the molecule is CCNC(=NCC(C)CN1CCCC1)N1CCC(OCC2CCCCO2)CC1.I. The van der Waals surface area contributed by atoms with Crippen molar-refractivity contribution in [2.45, 2.75) is 71.0 Å². The Kier molecular flexibility index (Phi) is 12.2. The molecule has 7 heteroatoms. The van der Waals surface area contributed by atoms with Crippen molar-refractivity contribution in [2.75, 3.05) is 59.0 Å². The number of ether oxygens (including phenoxy) is 2. The van der Waals surface area contributed by atoms with Crippen LogP contribution in [0.4, 0.5) is 0 Å². The van der Waals surface area contributed by atoms with E-state index in [1.807, 2.05) is 0 Å². The van der Waals surface area contributed by atoms with E-state index in [4.69, 9.17) is 14.5 Å². The first-order chi connectivity index (χ1) is 13.7. The molecule has 3 fully saturated rings. The maximum Gasteiger partial charge on any atom is 0.193 e. The zero-order valence-corrected chi connectivity index (χ0v) is 20.9. The fourth-order valence-corrected chi connectivity index (χ4v) is 4.55. The van der Waals surface area contributed by atoms with Gasteiger partial charge in [-0.15, -0.1) is 24.0 Å². The van der Waals surface area contributed by atoms with Gasteiger partial charge < -0.3 is 24.6 Å². The highest BCUT2D eigenvalue weighted by molar-refractivity contribution is 14.0. The molecule has 0 bridgehead atoms. The second-order valence-electron chi connectivity index (χ2n) is 8.82. The van der Waals surface area contributed by atoms with Crippen molar-refractivity contribution in [3.8, 4) is 0 Å². The second-order valence-corrected chi connectivity index (χ2v) is 8.82. The molecule has 3 aliphatic rings. The van der Waals surface area contributed by atoms with Crippen molar-refractivity contribution in [3.63, 3.8) is 0 Å². The van der Waals surface area contributed by atoms with E-state index in [9.17, 15) is 0 Å². The molecule has 1 N–H and O–H groups in total. The fourth-order valence-electron chi connectivity index (χ4n) is 4.55. The molecule has 0 spiro atoms. The number of nitrogens with zero attached hydrogens (tertiary/aromatic N) is 3. The summed E-state index contributed by atoms with van der Waals surface area (Å²) in [6, 6.07) is 0. The summed E-state index contributed by atoms with van der Waals surface area (Å²) in [5, 5.41) is 3.50. The van der Waals surface area contributed by atoms with Gasteiger partial charge in [0.2, 0.25) is 0 Å². The number of nitrogens with one attached hydrogen (secondary N) is 1. The van der Waals surface area contributed by atoms with Crippen LogP contribution in [0.15, 0.2) is 4.99 Å². The Bertz CT molecular complexity index is 460. The number of aliphatic imine (C=N–C) groups is 1. The normalized spacial score (nSPS) is 25.7. The van der Waals surface area contributed by atoms with Gasteiger partial charge in [0.15, 0.2) is 5.96 Å². The van der Waals surface area contributed by atoms with E-state index in [1.54, 1.807) is 0 Å². The molecule has 0 saturated carbocycles. The molecule has 2 unspecified atom stereocenters. The van der Waals surface area contributed by atoms with Crippen molar-refractivity contribution in [2.24, 2.45) is 10.9 Å². The third-order valence-corrected chi connectivity index (χ3v) is 6.19. The number of hydrogen-bond donors (Lipinski definition) is 1. The average molecular weight is 523 g/mol. The summed E-state index contributed by atoms with van der Waals surface area (Å²) in [4.78, 5) is 9.98. The van der Waals surface area contributed by atoms with Crippen LogP contribution in [0, 0.1) is 5.92 Å². The number of rotatable bonds is 8. The van der Waals surface area contributed by atoms with E-state index < -0.39 is 0 Å². The Morgan fingerprint density at radius 1 is 1.10 bits per heavy atom. The van der Waals surface area contributed by atoms with E-state index in [0.717, 1.165) is 64.6 Å². The molecule has 0 aromatic heterocycles. The van der Waals surface area contributed by atoms with Gasteiger partial charge in [-0.05, 0) is 70.9 Å². The van der Waals surface area contributed by atoms with Crippen LogP contribution in [-0.2, 0) is 9.47 Å². The molecule has 3 heterocycles. The quantitative estimate of drug-likeness (QED) is 0.301. The standard InChI is InChI=1S/C22H42N4O2.HI/c1-3-23-22(24-16-19(2)17-25-11-5-6-12-25)26-13-9-20(10-14-26)28-18-21-8-4-7-15-27-21;/h19-21H,3-18H2,1-2H3,(H,23,24);1H. The lowest BCUT2D eigenvalue weighted by Gasteiger charge is -2.35. The first-order valence-electron chi connectivity index (χ1n) is 11.7. The Hall–Kier alpha value is -0.120. The van der Waals surface area contributed by atoms with E-state index >= 15 is 0 Å². The van der Waals surface area contributed by atoms with Crippen LogP contribution in [0.3, 0.4) is 0 Å². The Morgan fingerprint density at radius 2 is 1.86 bits per heavy atom. The number of hydrogen-bond acceptors (Lipinski definition) is 4. The molecule has 0 radical (unpaired) electrons. The molecular weight excluding hydrogens is 479 g/mol. The van der Waals surface area contributed by atoms with Crippen molar-refractivity contribution < 1.29 is 9.47 Å². The van der Waals surface area contributed by atoms with E-state index in [1.165, 1.54) is 45.3 Å². The van der Waals surface area contributed by atoms with Crippen LogP contribution in [0.25, 0.3) is 0 Å². The lowest BCUT2D eigenvalue weighted by molar-refractivity contribution is -0.0721. The van der Waals surface area contributed by atoms with Gasteiger partial charge in [-0.2, -0.15) is 0 Å². The Labute approximate surface area is 195 Å². The highest BCUT2D eigenvalue weighted by atomic mass is 127. The molecule has 3 aliphatic heterocycles. The van der Waals surface area contributed by atoms with Gasteiger partial charge in [0.05, 0.1) is 18.8 Å². The summed E-state index contributed by atoms with van der Waals surface area (Å²) in [6.07, 6.45) is 9.24. The molecular formula is C22H43IN4O2. The second kappa shape index (κ2) is 14.0. The minimum atomic E-state index is 0. The number of halogens is 1. The highest BCUT2D eigenvalue weighted by Gasteiger charge is 2.24. The van der Waals surface area contributed by atoms with E-state index in [2.05, 4.69) is 29.0 Å². The van der Waals surface area contributed by atoms with Gasteiger partial charge in [-0.25, -0.2) is 0 Å². The van der Waals surface area contributed by atoms with Crippen LogP contribution in [-0.4, -0.2) is 87.0 Å². The molecule has 170 valence electrons. The molecule has 2 atom stereocenters. The lowest BCUT2D eigenvalue weighted by atomic mass is 10.1. The van der Waals surface area contributed by atoms with Crippen molar-refractivity contribution in [1.29, 1.82) is 0 Å². The van der Waals surface area contributed by atoms with Gasteiger partial charge in [-0.3, -0.25) is 4.99 Å². The zero-order chi connectivity index (χ0) is 19.6. The first-order valence-corrected chi connectivity index (χ1v) is 11.7. The molecule has 0 aliphatic carbocycles. The average Bonchev–Trinajstić information content (AvgIpc) is 3.24. The smallest absolute Gasteiger partial charge is 0.193 e. The van der Waals surface area contributed by atoms with Crippen LogP contribution >= 0.6 is 24.0 Å². The summed E-state index contributed by atoms with van der Waals surface area (Å²) in [5.41, 5.74) is 0. The number of guanidine groups is 1. The van der Waals surface area contributed by atoms with Gasteiger partial charge >= 0.3 is 0 Å². The van der Waals surface area contributed by atoms with Crippen molar-refractivity contribution in [1.82, 2.24) is 15.1 Å². The molecule has 29 heavy (non-hydrogen) atoms. The van der Waals surface area contributed by atoms with Crippen molar-refractivity contribution >= 4 is 29.9 Å². The van der Waals surface area contributed by atoms with Crippen LogP contribution < -0.4 is 5.32 Å². The van der Waals surface area contributed by atoms with Crippen LogP contribution in [0.5, 0.6) is 0 Å². The van der Waals surface area contributed by atoms with Gasteiger partial charge in [0, 0.05) is 39.3 Å². The lowest BCUT2D eigenvalue weighted by Crippen LogP contribution is -2.47. The van der Waals surface area contributed by atoms with Crippen molar-refractivity contribution in [3.05, 3.63) is 0 Å². The van der Waals surface area contributed by atoms with Gasteiger partial charge in [0.1, 0.15) is 0 Å². The van der Waals surface area contributed by atoms with Crippen LogP contribution in [0.2, 0.25) is 0 Å². The largest absolute Gasteiger partial charge is 0.376 e. The molecule has 0 aromatic rings. The van der Waals surface area contributed by atoms with E-state index in [0.29, 0.717) is 18.1 Å². The summed E-state index contributed by atoms with van der Waals surface area (Å²) in [6.45, 7) is 13.8. The maximum atomic E-state index is 6.17. The monoisotopic (exact) mass is 522 g/mol. The molecule has 0 aromatic carbocycles. The molecule has 6 nitrogen and oxygen atoms in total. The van der Waals surface area contributed by atoms with E-state index in [-0.39, 0.29) is 24.0 Å². The third kappa shape index (κ3) is 8.87. The first kappa shape index (κ1) is 25.1. The van der Waals surface area contributed by atoms with Gasteiger partial charge in [0.25, 0.3) is 0 Å². The van der Waals surface area contributed by atoms with Crippen LogP contribution in [0.1, 0.15) is 58.8 Å². The maximum absolute atomic E-state index is 6.17. The zero-order valence-electron chi connectivity index (χ0n) is 18.6. The summed E-state index contributed by atoms with van der Waals surface area (Å²) in [7, 11) is 0. The molecule has 3 rings (SSSR count). The summed E-state index contributed by atoms with van der Waals surface area (Å²) >= 11 is 0. The number of piperidine rings is 1. The summed E-state index contributed by atoms with van der Waals surface area (Å²) in [5.74, 6) is 1.70. The predicted octanol–water partition coefficient (Wildman–Crippen LogP) is 3.35. The Balaban J connectivity index is 0.00000300.